The third-order valence-corrected chi connectivity index (χ3v) is 6.21. The molecule has 0 saturated carbocycles. The van der Waals surface area contributed by atoms with Gasteiger partial charge in [-0.1, -0.05) is 30.3 Å². The van der Waals surface area contributed by atoms with Gasteiger partial charge in [0, 0.05) is 54.8 Å². The number of amides is 2. The number of rotatable bonds is 8. The summed E-state index contributed by atoms with van der Waals surface area (Å²) in [6.07, 6.45) is 1.73. The minimum atomic E-state index is -4.52. The number of halogens is 3. The van der Waals surface area contributed by atoms with Crippen molar-refractivity contribution in [2.45, 2.75) is 38.0 Å². The first kappa shape index (κ1) is 25.0. The minimum absolute atomic E-state index is 0.0815. The zero-order valence-electron chi connectivity index (χ0n) is 19.5. The van der Waals surface area contributed by atoms with E-state index in [1.54, 1.807) is 11.0 Å². The fourth-order valence-corrected chi connectivity index (χ4v) is 4.43. The van der Waals surface area contributed by atoms with Crippen LogP contribution in [0.3, 0.4) is 0 Å². The number of benzene rings is 2. The van der Waals surface area contributed by atoms with E-state index in [1.807, 2.05) is 35.0 Å². The molecular weight excluding hydrogens is 469 g/mol. The van der Waals surface area contributed by atoms with Crippen molar-refractivity contribution in [2.24, 2.45) is 0 Å². The highest BCUT2D eigenvalue weighted by Crippen LogP contribution is 2.31. The van der Waals surface area contributed by atoms with Gasteiger partial charge in [-0.3, -0.25) is 9.59 Å². The number of aromatic nitrogens is 1. The van der Waals surface area contributed by atoms with Crippen LogP contribution in [-0.4, -0.2) is 34.4 Å². The predicted molar refractivity (Wildman–Crippen MR) is 129 cm³/mol. The zero-order chi connectivity index (χ0) is 25.7. The Balaban J connectivity index is 1.57. The van der Waals surface area contributed by atoms with Gasteiger partial charge in [0.05, 0.1) is 24.1 Å². The van der Waals surface area contributed by atoms with E-state index in [1.165, 1.54) is 18.2 Å². The lowest BCUT2D eigenvalue weighted by molar-refractivity contribution is -0.137. The molecule has 0 aliphatic carbocycles. The number of carbonyl (C=O) groups is 2. The first-order valence-electron chi connectivity index (χ1n) is 11.6. The molecule has 1 aliphatic rings. The van der Waals surface area contributed by atoms with Crippen LogP contribution in [0.25, 0.3) is 17.0 Å². The summed E-state index contributed by atoms with van der Waals surface area (Å²) in [5.74, 6) is -0.570. The van der Waals surface area contributed by atoms with Crippen molar-refractivity contribution >= 4 is 28.8 Å². The Morgan fingerprint density at radius 3 is 2.72 bits per heavy atom. The van der Waals surface area contributed by atoms with Gasteiger partial charge in [0.1, 0.15) is 0 Å². The largest absolute Gasteiger partial charge is 0.416 e. The fraction of sp³-hybridized carbons (Fsp3) is 0.296. The summed E-state index contributed by atoms with van der Waals surface area (Å²) in [6.45, 7) is 1.11. The van der Waals surface area contributed by atoms with E-state index in [9.17, 15) is 22.8 Å². The van der Waals surface area contributed by atoms with E-state index in [4.69, 9.17) is 5.26 Å². The molecule has 36 heavy (non-hydrogen) atoms. The molecule has 2 heterocycles. The van der Waals surface area contributed by atoms with Crippen LogP contribution in [0.1, 0.15) is 42.0 Å². The van der Waals surface area contributed by atoms with Crippen LogP contribution in [0.2, 0.25) is 0 Å². The highest BCUT2D eigenvalue weighted by Gasteiger charge is 2.32. The molecule has 2 aromatic carbocycles. The van der Waals surface area contributed by atoms with Gasteiger partial charge in [-0.15, -0.1) is 0 Å². The number of aryl methyl sites for hydroxylation is 1. The number of carbonyl (C=O) groups excluding carboxylic acids is 2. The second-order valence-electron chi connectivity index (χ2n) is 8.66. The molecule has 4 rings (SSSR count). The topological polar surface area (TPSA) is 78.1 Å². The molecule has 0 radical (unpaired) electrons. The number of nitrogens with one attached hydrogen (secondary N) is 1. The van der Waals surface area contributed by atoms with Crippen molar-refractivity contribution < 1.29 is 22.8 Å². The van der Waals surface area contributed by atoms with Gasteiger partial charge in [0.25, 0.3) is 0 Å². The highest BCUT2D eigenvalue weighted by molar-refractivity contribution is 5.96. The summed E-state index contributed by atoms with van der Waals surface area (Å²) in [7, 11) is 0. The molecule has 1 saturated heterocycles. The number of alkyl halides is 3. The molecule has 2 amide bonds. The number of para-hydroxylation sites is 1. The molecule has 9 heteroatoms. The molecule has 1 aromatic heterocycles. The van der Waals surface area contributed by atoms with E-state index in [0.717, 1.165) is 28.6 Å². The van der Waals surface area contributed by atoms with Crippen molar-refractivity contribution in [1.82, 2.24) is 14.8 Å². The normalized spacial score (nSPS) is 14.9. The molecule has 1 unspecified atom stereocenters. The maximum absolute atomic E-state index is 13.3. The third-order valence-electron chi connectivity index (χ3n) is 6.21. The Hall–Kier alpha value is -4.06. The van der Waals surface area contributed by atoms with Gasteiger partial charge >= 0.3 is 6.18 Å². The number of hydrogen-bond donors (Lipinski definition) is 1. The summed E-state index contributed by atoms with van der Waals surface area (Å²) < 4.78 is 41.8. The van der Waals surface area contributed by atoms with E-state index < -0.39 is 23.7 Å². The van der Waals surface area contributed by atoms with Gasteiger partial charge in [0.2, 0.25) is 11.8 Å². The lowest BCUT2D eigenvalue weighted by Crippen LogP contribution is -2.38. The monoisotopic (exact) mass is 494 g/mol. The molecular formula is C27H25F3N4O2. The van der Waals surface area contributed by atoms with Crippen molar-refractivity contribution in [1.29, 1.82) is 5.26 Å². The fourth-order valence-electron chi connectivity index (χ4n) is 4.43. The quantitative estimate of drug-likeness (QED) is 0.445. The van der Waals surface area contributed by atoms with Gasteiger partial charge < -0.3 is 14.8 Å². The average Bonchev–Trinajstić information content (AvgIpc) is 3.43. The van der Waals surface area contributed by atoms with E-state index in [0.29, 0.717) is 32.4 Å². The number of nitrogens with zero attached hydrogens (tertiary/aromatic N) is 3. The van der Waals surface area contributed by atoms with Crippen LogP contribution in [0.5, 0.6) is 0 Å². The molecule has 186 valence electrons. The molecule has 0 spiro atoms. The number of hydrogen-bond acceptors (Lipinski definition) is 3. The zero-order valence-corrected chi connectivity index (χ0v) is 19.5. The first-order chi connectivity index (χ1) is 17.3. The van der Waals surface area contributed by atoms with Crippen LogP contribution in [0, 0.1) is 11.3 Å². The SMILES string of the molecule is N#CCCn1cc(/C=C/C(=O)NC(CN2CCCC2=O)c2cccc(C(F)(F)F)c2)c2ccccc21. The smallest absolute Gasteiger partial charge is 0.346 e. The second-order valence-corrected chi connectivity index (χ2v) is 8.66. The van der Waals surface area contributed by atoms with Crippen molar-refractivity contribution in [3.63, 3.8) is 0 Å². The second kappa shape index (κ2) is 10.7. The van der Waals surface area contributed by atoms with Crippen LogP contribution in [0.15, 0.2) is 60.8 Å². The summed E-state index contributed by atoms with van der Waals surface area (Å²) in [6, 6.07) is 13.8. The lowest BCUT2D eigenvalue weighted by Gasteiger charge is -2.25. The Kier molecular flexibility index (Phi) is 7.44. The van der Waals surface area contributed by atoms with Crippen LogP contribution >= 0.6 is 0 Å². The van der Waals surface area contributed by atoms with Crippen LogP contribution in [-0.2, 0) is 22.3 Å². The van der Waals surface area contributed by atoms with E-state index in [2.05, 4.69) is 11.4 Å². The average molecular weight is 495 g/mol. The predicted octanol–water partition coefficient (Wildman–Crippen LogP) is 5.07. The Morgan fingerprint density at radius 1 is 1.19 bits per heavy atom. The Labute approximate surface area is 206 Å². The minimum Gasteiger partial charge on any atom is -0.346 e. The van der Waals surface area contributed by atoms with Gasteiger partial charge in [0.15, 0.2) is 0 Å². The van der Waals surface area contributed by atoms with Crippen molar-refractivity contribution in [3.8, 4) is 6.07 Å². The summed E-state index contributed by atoms with van der Waals surface area (Å²) >= 11 is 0. The van der Waals surface area contributed by atoms with E-state index >= 15 is 0 Å². The molecule has 1 atom stereocenters. The maximum Gasteiger partial charge on any atom is 0.416 e. The Morgan fingerprint density at radius 2 is 2.00 bits per heavy atom. The van der Waals surface area contributed by atoms with Gasteiger partial charge in [-0.05, 0) is 36.3 Å². The number of likely N-dealkylation sites (tertiary alicyclic amines) is 1. The van der Waals surface area contributed by atoms with Crippen LogP contribution < -0.4 is 5.32 Å². The molecule has 6 nitrogen and oxygen atoms in total. The molecule has 1 aliphatic heterocycles. The van der Waals surface area contributed by atoms with Crippen LogP contribution in [0.4, 0.5) is 13.2 Å². The summed E-state index contributed by atoms with van der Waals surface area (Å²) in [4.78, 5) is 26.6. The summed E-state index contributed by atoms with van der Waals surface area (Å²) in [5, 5.41) is 12.6. The van der Waals surface area contributed by atoms with Crippen molar-refractivity contribution in [2.75, 3.05) is 13.1 Å². The number of fused-ring (bicyclic) bond motifs is 1. The highest BCUT2D eigenvalue weighted by atomic mass is 19.4. The van der Waals surface area contributed by atoms with Crippen molar-refractivity contribution in [3.05, 3.63) is 77.5 Å². The van der Waals surface area contributed by atoms with E-state index in [-0.39, 0.29) is 18.0 Å². The molecule has 1 fully saturated rings. The molecule has 1 N–H and O–H groups in total. The third kappa shape index (κ3) is 5.77. The van der Waals surface area contributed by atoms with Gasteiger partial charge in [-0.25, -0.2) is 0 Å². The molecule has 3 aromatic rings. The lowest BCUT2D eigenvalue weighted by atomic mass is 10.0. The standard InChI is InChI=1S/C27H25F3N4O2/c28-27(29,30)21-7-3-6-19(16-21)23(18-34-14-4-10-26(34)36)32-25(35)12-11-20-17-33(15-5-13-31)24-9-2-1-8-22(20)24/h1-3,6-9,11-12,16-17,23H,4-5,10,14-15,18H2,(H,32,35)/b12-11+. The number of nitriles is 1. The Bertz CT molecular complexity index is 1340. The van der Waals surface area contributed by atoms with Gasteiger partial charge in [-0.2, -0.15) is 18.4 Å². The first-order valence-corrected chi connectivity index (χ1v) is 11.6. The summed E-state index contributed by atoms with van der Waals surface area (Å²) in [5.41, 5.74) is 1.18. The maximum atomic E-state index is 13.3. The molecule has 0 bridgehead atoms.